The maximum Gasteiger partial charge on any atom is 0.239 e. The van der Waals surface area contributed by atoms with E-state index in [9.17, 15) is 19.2 Å². The van der Waals surface area contributed by atoms with Gasteiger partial charge in [-0.25, -0.2) is 0 Å². The Kier molecular flexibility index (Phi) is 6.69. The van der Waals surface area contributed by atoms with E-state index in [0.29, 0.717) is 25.2 Å². The van der Waals surface area contributed by atoms with Crippen molar-refractivity contribution in [2.45, 2.75) is 39.2 Å². The summed E-state index contributed by atoms with van der Waals surface area (Å²) in [5, 5.41) is 8.00. The summed E-state index contributed by atoms with van der Waals surface area (Å²) in [4.78, 5) is 56.8. The topological polar surface area (TPSA) is 121 Å². The maximum absolute atomic E-state index is 13.7. The predicted molar refractivity (Wildman–Crippen MR) is 109 cm³/mol. The highest BCUT2D eigenvalue weighted by atomic mass is 16.2. The van der Waals surface area contributed by atoms with Crippen LogP contribution in [0.5, 0.6) is 0 Å². The highest BCUT2D eigenvalue weighted by molar-refractivity contribution is 5.93. The van der Waals surface area contributed by atoms with Crippen LogP contribution < -0.4 is 16.0 Å². The Labute approximate surface area is 176 Å². The number of fused-ring (bicyclic) bond motifs is 2. The molecule has 2 bridgehead atoms. The first-order chi connectivity index (χ1) is 14.3. The Morgan fingerprint density at radius 1 is 1.13 bits per heavy atom. The zero-order valence-electron chi connectivity index (χ0n) is 17.4. The number of pyridine rings is 1. The Morgan fingerprint density at radius 3 is 2.63 bits per heavy atom. The van der Waals surface area contributed by atoms with Gasteiger partial charge in [0.05, 0.1) is 18.5 Å². The van der Waals surface area contributed by atoms with Gasteiger partial charge < -0.3 is 20.9 Å². The molecule has 1 aromatic heterocycles. The molecule has 0 saturated carbocycles. The molecule has 3 rings (SSSR count). The highest BCUT2D eigenvalue weighted by Crippen LogP contribution is 2.35. The van der Waals surface area contributed by atoms with E-state index in [1.165, 1.54) is 0 Å². The molecular formula is C21H29N5O4. The number of carbonyl (C=O) groups is 4. The van der Waals surface area contributed by atoms with E-state index in [0.717, 1.165) is 12.8 Å². The molecule has 0 aromatic carbocycles. The van der Waals surface area contributed by atoms with Crippen LogP contribution in [0.4, 0.5) is 0 Å². The average molecular weight is 415 g/mol. The van der Waals surface area contributed by atoms with Gasteiger partial charge in [0.25, 0.3) is 0 Å². The van der Waals surface area contributed by atoms with Crippen LogP contribution in [0.15, 0.2) is 24.4 Å². The number of carbonyl (C=O) groups excluding carboxylic acids is 4. The van der Waals surface area contributed by atoms with Crippen molar-refractivity contribution < 1.29 is 19.2 Å². The average Bonchev–Trinajstić information content (AvgIpc) is 2.75. The zero-order chi connectivity index (χ0) is 21.7. The molecule has 9 nitrogen and oxygen atoms in total. The van der Waals surface area contributed by atoms with Crippen LogP contribution in [0.25, 0.3) is 0 Å². The van der Waals surface area contributed by atoms with Crippen LogP contribution in [0.2, 0.25) is 0 Å². The Balaban J connectivity index is 1.92. The van der Waals surface area contributed by atoms with Gasteiger partial charge in [0.2, 0.25) is 23.6 Å². The molecule has 2 aliphatic rings. The van der Waals surface area contributed by atoms with E-state index in [1.807, 2.05) is 12.1 Å². The van der Waals surface area contributed by atoms with Crippen molar-refractivity contribution in [2.75, 3.05) is 26.2 Å². The first-order valence-electron chi connectivity index (χ1n) is 10.3. The molecule has 162 valence electrons. The van der Waals surface area contributed by atoms with Crippen molar-refractivity contribution in [1.29, 1.82) is 0 Å². The second-order valence-corrected chi connectivity index (χ2v) is 8.29. The summed E-state index contributed by atoms with van der Waals surface area (Å²) >= 11 is 0. The van der Waals surface area contributed by atoms with Crippen molar-refractivity contribution in [3.63, 3.8) is 0 Å². The minimum atomic E-state index is -1.05. The molecule has 3 atom stereocenters. The molecule has 30 heavy (non-hydrogen) atoms. The highest BCUT2D eigenvalue weighted by Gasteiger charge is 2.46. The number of nitrogens with one attached hydrogen (secondary N) is 3. The summed E-state index contributed by atoms with van der Waals surface area (Å²) < 4.78 is 0. The van der Waals surface area contributed by atoms with Gasteiger partial charge >= 0.3 is 0 Å². The van der Waals surface area contributed by atoms with Crippen LogP contribution in [-0.2, 0) is 25.6 Å². The molecule has 0 spiro atoms. The minimum Gasteiger partial charge on any atom is -0.350 e. The van der Waals surface area contributed by atoms with E-state index >= 15 is 0 Å². The molecule has 9 heteroatoms. The van der Waals surface area contributed by atoms with E-state index in [4.69, 9.17) is 0 Å². The van der Waals surface area contributed by atoms with Crippen LogP contribution in [0.1, 0.15) is 32.4 Å². The SMILES string of the molecule is CC1C(=O)NCC(=O)NCC(=O)NC2CCCN(C2)C(=O)C1(C)Cc1ccccn1. The van der Waals surface area contributed by atoms with Crippen molar-refractivity contribution in [2.24, 2.45) is 11.3 Å². The molecule has 3 unspecified atom stereocenters. The molecule has 3 heterocycles. The molecule has 2 aliphatic heterocycles. The predicted octanol–water partition coefficient (Wildman–Crippen LogP) is -0.380. The fourth-order valence-electron chi connectivity index (χ4n) is 4.06. The number of rotatable bonds is 2. The van der Waals surface area contributed by atoms with Crippen molar-refractivity contribution in [3.8, 4) is 0 Å². The third kappa shape index (κ3) is 4.95. The summed E-state index contributed by atoms with van der Waals surface area (Å²) in [6, 6.07) is 5.30. The number of aromatic nitrogens is 1. The zero-order valence-corrected chi connectivity index (χ0v) is 17.4. The quantitative estimate of drug-likeness (QED) is 0.608. The molecule has 0 aliphatic carbocycles. The number of nitrogens with zero attached hydrogens (tertiary/aromatic N) is 2. The largest absolute Gasteiger partial charge is 0.350 e. The smallest absolute Gasteiger partial charge is 0.239 e. The second kappa shape index (κ2) is 9.23. The van der Waals surface area contributed by atoms with E-state index in [2.05, 4.69) is 20.9 Å². The summed E-state index contributed by atoms with van der Waals surface area (Å²) in [5.41, 5.74) is -0.334. The monoisotopic (exact) mass is 415 g/mol. The third-order valence-electron chi connectivity index (χ3n) is 6.06. The number of amides is 4. The molecule has 1 aromatic rings. The lowest BCUT2D eigenvalue weighted by Gasteiger charge is -2.41. The van der Waals surface area contributed by atoms with Gasteiger partial charge in [-0.15, -0.1) is 0 Å². The summed E-state index contributed by atoms with van der Waals surface area (Å²) in [6.45, 7) is 4.04. The number of hydrogen-bond acceptors (Lipinski definition) is 5. The van der Waals surface area contributed by atoms with Crippen molar-refractivity contribution in [1.82, 2.24) is 25.8 Å². The van der Waals surface area contributed by atoms with Crippen molar-refractivity contribution >= 4 is 23.6 Å². The summed E-state index contributed by atoms with van der Waals surface area (Å²) in [6.07, 6.45) is 3.47. The second-order valence-electron chi connectivity index (χ2n) is 8.29. The molecule has 0 radical (unpaired) electrons. The lowest BCUT2D eigenvalue weighted by atomic mass is 9.72. The lowest BCUT2D eigenvalue weighted by molar-refractivity contribution is -0.150. The van der Waals surface area contributed by atoms with Crippen LogP contribution in [-0.4, -0.2) is 65.7 Å². The van der Waals surface area contributed by atoms with Gasteiger partial charge in [-0.2, -0.15) is 0 Å². The van der Waals surface area contributed by atoms with Gasteiger partial charge in [-0.3, -0.25) is 24.2 Å². The molecule has 2 saturated heterocycles. The molecule has 3 N–H and O–H groups in total. The number of piperidine rings is 1. The standard InChI is InChI=1S/C21H29N5O4/c1-14-19(29)24-11-17(27)23-12-18(28)25-16-7-5-9-26(13-16)20(30)21(14,2)10-15-6-3-4-8-22-15/h3-4,6,8,14,16H,5,7,9-13H2,1-2H3,(H,23,27)(H,24,29)(H,25,28). The van der Waals surface area contributed by atoms with Gasteiger partial charge in [-0.05, 0) is 31.9 Å². The Bertz CT molecular complexity index is 815. The lowest BCUT2D eigenvalue weighted by Crippen LogP contribution is -2.58. The van der Waals surface area contributed by atoms with Crippen molar-refractivity contribution in [3.05, 3.63) is 30.1 Å². The molecule has 4 amide bonds. The minimum absolute atomic E-state index is 0.142. The number of hydrogen-bond donors (Lipinski definition) is 3. The Hall–Kier alpha value is -2.97. The van der Waals surface area contributed by atoms with E-state index in [1.54, 1.807) is 31.0 Å². The van der Waals surface area contributed by atoms with Crippen LogP contribution >= 0.6 is 0 Å². The normalized spacial score (nSPS) is 28.8. The van der Waals surface area contributed by atoms with Gasteiger partial charge in [0.1, 0.15) is 0 Å². The Morgan fingerprint density at radius 2 is 1.90 bits per heavy atom. The van der Waals surface area contributed by atoms with E-state index in [-0.39, 0.29) is 36.9 Å². The van der Waals surface area contributed by atoms with Gasteiger partial charge in [0, 0.05) is 43.4 Å². The summed E-state index contributed by atoms with van der Waals surface area (Å²) in [7, 11) is 0. The third-order valence-corrected chi connectivity index (χ3v) is 6.06. The van der Waals surface area contributed by atoms with Crippen LogP contribution in [0.3, 0.4) is 0 Å². The molecule has 2 fully saturated rings. The maximum atomic E-state index is 13.7. The fourth-order valence-corrected chi connectivity index (χ4v) is 4.06. The van der Waals surface area contributed by atoms with Gasteiger partial charge in [-0.1, -0.05) is 13.0 Å². The molecular weight excluding hydrogens is 386 g/mol. The first kappa shape index (κ1) is 21.7. The summed E-state index contributed by atoms with van der Waals surface area (Å²) in [5.74, 6) is -1.97. The van der Waals surface area contributed by atoms with Gasteiger partial charge in [0.15, 0.2) is 0 Å². The van der Waals surface area contributed by atoms with E-state index < -0.39 is 17.2 Å². The fraction of sp³-hybridized carbons (Fsp3) is 0.571. The van der Waals surface area contributed by atoms with Crippen LogP contribution in [0, 0.1) is 11.3 Å². The first-order valence-corrected chi connectivity index (χ1v) is 10.3.